The van der Waals surface area contributed by atoms with Gasteiger partial charge in [0, 0.05) is 77.7 Å². The fraction of sp³-hybridized carbons (Fsp3) is 0.500. The molecule has 0 atom stereocenters. The van der Waals surface area contributed by atoms with E-state index in [1.165, 1.54) is 5.56 Å². The second kappa shape index (κ2) is 10.5. The number of aromatic nitrogens is 2. The van der Waals surface area contributed by atoms with E-state index in [0.717, 1.165) is 57.3 Å². The SMILES string of the molecule is Cc1ccc(CC(=O)N2CCN(CCC(=O)N3CCN(c4ncccn4)CC3)CC2)cc1. The Morgan fingerprint density at radius 3 is 2.06 bits per heavy atom. The lowest BCUT2D eigenvalue weighted by Crippen LogP contribution is -2.51. The van der Waals surface area contributed by atoms with E-state index in [4.69, 9.17) is 0 Å². The maximum Gasteiger partial charge on any atom is 0.227 e. The van der Waals surface area contributed by atoms with Crippen molar-refractivity contribution in [1.29, 1.82) is 0 Å². The summed E-state index contributed by atoms with van der Waals surface area (Å²) in [6.45, 7) is 8.85. The molecule has 0 aliphatic carbocycles. The van der Waals surface area contributed by atoms with E-state index in [1.54, 1.807) is 12.4 Å². The van der Waals surface area contributed by atoms with Gasteiger partial charge < -0.3 is 14.7 Å². The number of aryl methyl sites for hydroxylation is 1. The van der Waals surface area contributed by atoms with Gasteiger partial charge in [0.25, 0.3) is 0 Å². The van der Waals surface area contributed by atoms with Crippen LogP contribution >= 0.6 is 0 Å². The van der Waals surface area contributed by atoms with Crippen LogP contribution in [0.25, 0.3) is 0 Å². The van der Waals surface area contributed by atoms with Crippen LogP contribution in [-0.2, 0) is 16.0 Å². The van der Waals surface area contributed by atoms with Crippen LogP contribution in [0.5, 0.6) is 0 Å². The molecule has 0 saturated carbocycles. The lowest BCUT2D eigenvalue weighted by atomic mass is 10.1. The number of benzene rings is 1. The Bertz CT molecular complexity index is 888. The molecule has 32 heavy (non-hydrogen) atoms. The summed E-state index contributed by atoms with van der Waals surface area (Å²) in [5.74, 6) is 1.12. The predicted molar refractivity (Wildman–Crippen MR) is 123 cm³/mol. The molecule has 4 rings (SSSR count). The molecule has 8 nitrogen and oxygen atoms in total. The largest absolute Gasteiger partial charge is 0.340 e. The molecular weight excluding hydrogens is 404 g/mol. The van der Waals surface area contributed by atoms with Crippen LogP contribution in [0.1, 0.15) is 17.5 Å². The number of hydrogen-bond donors (Lipinski definition) is 0. The monoisotopic (exact) mass is 436 g/mol. The molecule has 2 amide bonds. The summed E-state index contributed by atoms with van der Waals surface area (Å²) in [6, 6.07) is 9.96. The Labute approximate surface area is 189 Å². The number of amides is 2. The summed E-state index contributed by atoms with van der Waals surface area (Å²) in [7, 11) is 0. The summed E-state index contributed by atoms with van der Waals surface area (Å²) < 4.78 is 0. The summed E-state index contributed by atoms with van der Waals surface area (Å²) in [6.07, 6.45) is 4.48. The molecule has 2 fully saturated rings. The maximum absolute atomic E-state index is 12.7. The van der Waals surface area contributed by atoms with Crippen molar-refractivity contribution in [3.63, 3.8) is 0 Å². The summed E-state index contributed by atoms with van der Waals surface area (Å²) in [5.41, 5.74) is 2.27. The molecule has 8 heteroatoms. The van der Waals surface area contributed by atoms with Gasteiger partial charge >= 0.3 is 0 Å². The van der Waals surface area contributed by atoms with E-state index in [0.29, 0.717) is 25.9 Å². The zero-order valence-electron chi connectivity index (χ0n) is 18.8. The number of piperazine rings is 2. The van der Waals surface area contributed by atoms with Gasteiger partial charge in [0.15, 0.2) is 0 Å². The number of nitrogens with zero attached hydrogens (tertiary/aromatic N) is 6. The zero-order chi connectivity index (χ0) is 22.3. The molecule has 1 aromatic carbocycles. The topological polar surface area (TPSA) is 72.9 Å². The molecule has 0 N–H and O–H groups in total. The van der Waals surface area contributed by atoms with Crippen molar-refractivity contribution in [2.24, 2.45) is 0 Å². The highest BCUT2D eigenvalue weighted by atomic mass is 16.2. The van der Waals surface area contributed by atoms with Gasteiger partial charge in [-0.1, -0.05) is 29.8 Å². The second-order valence-electron chi connectivity index (χ2n) is 8.55. The average Bonchev–Trinajstić information content (AvgIpc) is 2.85. The highest BCUT2D eigenvalue weighted by Gasteiger charge is 2.25. The molecule has 0 bridgehead atoms. The Kier molecular flexibility index (Phi) is 7.32. The fourth-order valence-electron chi connectivity index (χ4n) is 4.24. The molecule has 0 spiro atoms. The van der Waals surface area contributed by atoms with Crippen molar-refractivity contribution in [3.8, 4) is 0 Å². The number of carbonyl (C=O) groups excluding carboxylic acids is 2. The van der Waals surface area contributed by atoms with Gasteiger partial charge in [-0.15, -0.1) is 0 Å². The number of anilines is 1. The van der Waals surface area contributed by atoms with Crippen LogP contribution in [0.4, 0.5) is 5.95 Å². The van der Waals surface area contributed by atoms with Crippen LogP contribution in [-0.4, -0.2) is 95.4 Å². The smallest absolute Gasteiger partial charge is 0.227 e. The first kappa shape index (κ1) is 22.2. The quantitative estimate of drug-likeness (QED) is 0.678. The normalized spacial score (nSPS) is 17.5. The number of hydrogen-bond acceptors (Lipinski definition) is 6. The van der Waals surface area contributed by atoms with E-state index in [-0.39, 0.29) is 11.8 Å². The minimum Gasteiger partial charge on any atom is -0.340 e. The molecule has 3 heterocycles. The fourth-order valence-corrected chi connectivity index (χ4v) is 4.24. The molecular formula is C24H32N6O2. The number of carbonyl (C=O) groups is 2. The van der Waals surface area contributed by atoms with Crippen LogP contribution in [0.2, 0.25) is 0 Å². The van der Waals surface area contributed by atoms with Crippen molar-refractivity contribution < 1.29 is 9.59 Å². The van der Waals surface area contributed by atoms with E-state index in [1.807, 2.05) is 40.1 Å². The summed E-state index contributed by atoms with van der Waals surface area (Å²) in [4.78, 5) is 42.2. The summed E-state index contributed by atoms with van der Waals surface area (Å²) >= 11 is 0. The third-order valence-corrected chi connectivity index (χ3v) is 6.31. The molecule has 0 radical (unpaired) electrons. The molecule has 1 aromatic heterocycles. The highest BCUT2D eigenvalue weighted by molar-refractivity contribution is 5.79. The van der Waals surface area contributed by atoms with Crippen LogP contribution in [0.3, 0.4) is 0 Å². The minimum absolute atomic E-state index is 0.185. The lowest BCUT2D eigenvalue weighted by Gasteiger charge is -2.36. The molecule has 170 valence electrons. The Morgan fingerprint density at radius 1 is 0.812 bits per heavy atom. The Morgan fingerprint density at radius 2 is 1.41 bits per heavy atom. The van der Waals surface area contributed by atoms with Crippen LogP contribution in [0.15, 0.2) is 42.7 Å². The molecule has 0 unspecified atom stereocenters. The third kappa shape index (κ3) is 5.82. The van der Waals surface area contributed by atoms with Gasteiger partial charge in [-0.05, 0) is 18.6 Å². The van der Waals surface area contributed by atoms with Gasteiger partial charge in [-0.25, -0.2) is 9.97 Å². The van der Waals surface area contributed by atoms with Gasteiger partial charge in [0.05, 0.1) is 6.42 Å². The first-order chi connectivity index (χ1) is 15.6. The van der Waals surface area contributed by atoms with E-state index >= 15 is 0 Å². The van der Waals surface area contributed by atoms with E-state index in [2.05, 4.69) is 26.7 Å². The van der Waals surface area contributed by atoms with Crippen LogP contribution in [0, 0.1) is 6.92 Å². The first-order valence-electron chi connectivity index (χ1n) is 11.4. The van der Waals surface area contributed by atoms with Gasteiger partial charge in [-0.2, -0.15) is 0 Å². The Hall–Kier alpha value is -3.00. The predicted octanol–water partition coefficient (Wildman–Crippen LogP) is 1.21. The number of rotatable bonds is 6. The molecule has 2 aliphatic rings. The second-order valence-corrected chi connectivity index (χ2v) is 8.55. The van der Waals surface area contributed by atoms with Crippen molar-refractivity contribution >= 4 is 17.8 Å². The minimum atomic E-state index is 0.185. The first-order valence-corrected chi connectivity index (χ1v) is 11.4. The van der Waals surface area contributed by atoms with Gasteiger partial charge in [-0.3, -0.25) is 14.5 Å². The van der Waals surface area contributed by atoms with E-state index in [9.17, 15) is 9.59 Å². The van der Waals surface area contributed by atoms with Crippen LogP contribution < -0.4 is 4.90 Å². The molecule has 2 aromatic rings. The zero-order valence-corrected chi connectivity index (χ0v) is 18.8. The third-order valence-electron chi connectivity index (χ3n) is 6.31. The van der Waals surface area contributed by atoms with Crippen molar-refractivity contribution in [1.82, 2.24) is 24.7 Å². The van der Waals surface area contributed by atoms with Crippen molar-refractivity contribution in [2.45, 2.75) is 19.8 Å². The van der Waals surface area contributed by atoms with Crippen molar-refractivity contribution in [2.75, 3.05) is 63.8 Å². The van der Waals surface area contributed by atoms with Gasteiger partial charge in [0.2, 0.25) is 17.8 Å². The summed E-state index contributed by atoms with van der Waals surface area (Å²) in [5, 5.41) is 0. The Balaban J connectivity index is 1.15. The average molecular weight is 437 g/mol. The molecule has 2 saturated heterocycles. The lowest BCUT2D eigenvalue weighted by molar-refractivity contribution is -0.134. The van der Waals surface area contributed by atoms with Crippen molar-refractivity contribution in [3.05, 3.63) is 53.9 Å². The highest BCUT2D eigenvalue weighted by Crippen LogP contribution is 2.12. The maximum atomic E-state index is 12.7. The molecule has 2 aliphatic heterocycles. The van der Waals surface area contributed by atoms with E-state index < -0.39 is 0 Å². The standard InChI is InChI=1S/C24H32N6O2/c1-20-3-5-21(6-4-20)19-23(32)29-13-11-27(12-14-29)10-7-22(31)28-15-17-30(18-16-28)24-25-8-2-9-26-24/h2-6,8-9H,7,10-19H2,1H3. The van der Waals surface area contributed by atoms with Gasteiger partial charge in [0.1, 0.15) is 0 Å².